The van der Waals surface area contributed by atoms with Crippen LogP contribution in [-0.2, 0) is 33.2 Å². The standard InChI is InChI=1S/C36H72O7/c1-3-5-7-9-11-12-13-14-15-16-17-18-19-20-22-24-36(37)43-35-34-42-33-32-41-31-30-40-29-28-39-27-26-38-25-23-21-10-8-6-4-2/h3-35H2,1-2H3. The van der Waals surface area contributed by atoms with Crippen molar-refractivity contribution in [2.75, 3.05) is 72.7 Å². The maximum absolute atomic E-state index is 11.9. The topological polar surface area (TPSA) is 72.5 Å². The Morgan fingerprint density at radius 1 is 0.326 bits per heavy atom. The van der Waals surface area contributed by atoms with Crippen LogP contribution in [0.25, 0.3) is 0 Å². The van der Waals surface area contributed by atoms with Crippen molar-refractivity contribution < 1.29 is 33.2 Å². The van der Waals surface area contributed by atoms with E-state index in [0.29, 0.717) is 72.5 Å². The van der Waals surface area contributed by atoms with Gasteiger partial charge in [0.25, 0.3) is 0 Å². The number of hydrogen-bond donors (Lipinski definition) is 0. The Hall–Kier alpha value is -0.730. The normalized spacial score (nSPS) is 11.4. The molecule has 7 nitrogen and oxygen atoms in total. The fraction of sp³-hybridized carbons (Fsp3) is 0.972. The number of hydrogen-bond acceptors (Lipinski definition) is 7. The second kappa shape index (κ2) is 39.3. The van der Waals surface area contributed by atoms with E-state index in [1.54, 1.807) is 0 Å². The molecule has 0 radical (unpaired) electrons. The Morgan fingerprint density at radius 2 is 0.605 bits per heavy atom. The highest BCUT2D eigenvalue weighted by molar-refractivity contribution is 5.69. The number of esters is 1. The molecule has 0 spiro atoms. The summed E-state index contributed by atoms with van der Waals surface area (Å²) >= 11 is 0. The molecule has 0 atom stereocenters. The van der Waals surface area contributed by atoms with Gasteiger partial charge in [0, 0.05) is 13.0 Å². The number of unbranched alkanes of at least 4 members (excludes halogenated alkanes) is 19. The molecule has 0 rings (SSSR count). The van der Waals surface area contributed by atoms with Gasteiger partial charge in [-0.05, 0) is 12.8 Å². The van der Waals surface area contributed by atoms with Crippen LogP contribution in [0.3, 0.4) is 0 Å². The second-order valence-electron chi connectivity index (χ2n) is 11.7. The van der Waals surface area contributed by atoms with Crippen LogP contribution in [0.2, 0.25) is 0 Å². The molecule has 0 unspecified atom stereocenters. The summed E-state index contributed by atoms with van der Waals surface area (Å²) in [6.07, 6.45) is 28.1. The van der Waals surface area contributed by atoms with Gasteiger partial charge in [-0.3, -0.25) is 4.79 Å². The summed E-state index contributed by atoms with van der Waals surface area (Å²) in [6.45, 7) is 10.5. The zero-order valence-electron chi connectivity index (χ0n) is 28.7. The van der Waals surface area contributed by atoms with E-state index in [1.165, 1.54) is 116 Å². The van der Waals surface area contributed by atoms with Gasteiger partial charge in [-0.2, -0.15) is 0 Å². The summed E-state index contributed by atoms with van der Waals surface area (Å²) in [5.74, 6) is -0.114. The van der Waals surface area contributed by atoms with Crippen molar-refractivity contribution in [1.29, 1.82) is 0 Å². The maximum atomic E-state index is 11.9. The van der Waals surface area contributed by atoms with Crippen molar-refractivity contribution >= 4 is 5.97 Å². The van der Waals surface area contributed by atoms with E-state index in [1.807, 2.05) is 0 Å². The maximum Gasteiger partial charge on any atom is 0.305 e. The summed E-state index contributed by atoms with van der Waals surface area (Å²) in [5.41, 5.74) is 0. The highest BCUT2D eigenvalue weighted by Crippen LogP contribution is 2.14. The van der Waals surface area contributed by atoms with Crippen LogP contribution in [0.15, 0.2) is 0 Å². The van der Waals surface area contributed by atoms with Crippen LogP contribution in [0.1, 0.15) is 155 Å². The van der Waals surface area contributed by atoms with Gasteiger partial charge in [0.1, 0.15) is 6.61 Å². The van der Waals surface area contributed by atoms with E-state index in [2.05, 4.69) is 13.8 Å². The third-order valence-corrected chi connectivity index (χ3v) is 7.61. The molecule has 0 aliphatic carbocycles. The number of ether oxygens (including phenoxy) is 6. The molecule has 0 amide bonds. The van der Waals surface area contributed by atoms with Gasteiger partial charge >= 0.3 is 5.97 Å². The lowest BCUT2D eigenvalue weighted by Gasteiger charge is -2.08. The third kappa shape index (κ3) is 39.2. The Labute approximate surface area is 266 Å². The van der Waals surface area contributed by atoms with Crippen LogP contribution in [0, 0.1) is 0 Å². The lowest BCUT2D eigenvalue weighted by atomic mass is 10.0. The van der Waals surface area contributed by atoms with Crippen molar-refractivity contribution in [1.82, 2.24) is 0 Å². The molecule has 0 aliphatic heterocycles. The van der Waals surface area contributed by atoms with E-state index < -0.39 is 0 Å². The average molecular weight is 617 g/mol. The van der Waals surface area contributed by atoms with Gasteiger partial charge in [0.05, 0.1) is 59.5 Å². The first-order valence-electron chi connectivity index (χ1n) is 18.4. The number of rotatable bonds is 38. The van der Waals surface area contributed by atoms with Crippen molar-refractivity contribution in [3.63, 3.8) is 0 Å². The fourth-order valence-electron chi connectivity index (χ4n) is 4.89. The van der Waals surface area contributed by atoms with Crippen LogP contribution in [0.4, 0.5) is 0 Å². The SMILES string of the molecule is CCCCCCCCCCCCCCCCCC(=O)OCCOCCOCCOCCOCCOCCCCCCCC. The van der Waals surface area contributed by atoms with E-state index in [-0.39, 0.29) is 5.97 Å². The molecule has 0 aromatic heterocycles. The second-order valence-corrected chi connectivity index (χ2v) is 11.7. The largest absolute Gasteiger partial charge is 0.463 e. The molecule has 0 aromatic carbocycles. The minimum absolute atomic E-state index is 0.114. The first kappa shape index (κ1) is 42.3. The Morgan fingerprint density at radius 3 is 0.977 bits per heavy atom. The van der Waals surface area contributed by atoms with E-state index in [4.69, 9.17) is 28.4 Å². The van der Waals surface area contributed by atoms with E-state index in [9.17, 15) is 4.79 Å². The highest BCUT2D eigenvalue weighted by Gasteiger charge is 2.03. The number of carbonyl (C=O) groups excluding carboxylic acids is 1. The van der Waals surface area contributed by atoms with Crippen LogP contribution < -0.4 is 0 Å². The molecule has 7 heteroatoms. The molecule has 0 aromatic rings. The van der Waals surface area contributed by atoms with Crippen molar-refractivity contribution in [2.24, 2.45) is 0 Å². The smallest absolute Gasteiger partial charge is 0.305 e. The van der Waals surface area contributed by atoms with E-state index >= 15 is 0 Å². The fourth-order valence-corrected chi connectivity index (χ4v) is 4.89. The molecular weight excluding hydrogens is 544 g/mol. The van der Waals surface area contributed by atoms with Gasteiger partial charge in [0.2, 0.25) is 0 Å². The predicted molar refractivity (Wildman–Crippen MR) is 178 cm³/mol. The molecule has 43 heavy (non-hydrogen) atoms. The van der Waals surface area contributed by atoms with Crippen LogP contribution in [0.5, 0.6) is 0 Å². The first-order chi connectivity index (χ1) is 21.3. The van der Waals surface area contributed by atoms with Gasteiger partial charge in [-0.15, -0.1) is 0 Å². The van der Waals surface area contributed by atoms with Gasteiger partial charge in [-0.1, -0.05) is 136 Å². The molecule has 0 fully saturated rings. The molecule has 0 bridgehead atoms. The minimum Gasteiger partial charge on any atom is -0.463 e. The third-order valence-electron chi connectivity index (χ3n) is 7.61. The highest BCUT2D eigenvalue weighted by atomic mass is 16.6. The van der Waals surface area contributed by atoms with Crippen LogP contribution >= 0.6 is 0 Å². The molecular formula is C36H72O7. The Bertz CT molecular complexity index is 518. The lowest BCUT2D eigenvalue weighted by molar-refractivity contribution is -0.145. The molecule has 258 valence electrons. The van der Waals surface area contributed by atoms with Gasteiger partial charge in [0.15, 0.2) is 0 Å². The van der Waals surface area contributed by atoms with Gasteiger partial charge in [-0.25, -0.2) is 0 Å². The zero-order valence-corrected chi connectivity index (χ0v) is 28.7. The van der Waals surface area contributed by atoms with Gasteiger partial charge < -0.3 is 28.4 Å². The Kier molecular flexibility index (Phi) is 38.6. The predicted octanol–water partition coefficient (Wildman–Crippen LogP) is 9.23. The summed E-state index contributed by atoms with van der Waals surface area (Å²) in [5, 5.41) is 0. The number of carbonyl (C=O) groups is 1. The Balaban J connectivity index is 3.13. The zero-order chi connectivity index (χ0) is 31.2. The summed E-state index contributed by atoms with van der Waals surface area (Å²) in [4.78, 5) is 11.9. The molecule has 0 saturated carbocycles. The quantitative estimate of drug-likeness (QED) is 0.0506. The van der Waals surface area contributed by atoms with Crippen molar-refractivity contribution in [2.45, 2.75) is 155 Å². The van der Waals surface area contributed by atoms with Crippen molar-refractivity contribution in [3.8, 4) is 0 Å². The lowest BCUT2D eigenvalue weighted by Crippen LogP contribution is -2.15. The monoisotopic (exact) mass is 617 g/mol. The first-order valence-corrected chi connectivity index (χ1v) is 18.4. The van der Waals surface area contributed by atoms with Crippen LogP contribution in [-0.4, -0.2) is 78.6 Å². The molecule has 0 aliphatic rings. The molecule has 0 saturated heterocycles. The summed E-state index contributed by atoms with van der Waals surface area (Å²) in [7, 11) is 0. The van der Waals surface area contributed by atoms with E-state index in [0.717, 1.165) is 25.9 Å². The summed E-state index contributed by atoms with van der Waals surface area (Å²) in [6, 6.07) is 0. The summed E-state index contributed by atoms with van der Waals surface area (Å²) < 4.78 is 32.8. The average Bonchev–Trinajstić information content (AvgIpc) is 3.01. The van der Waals surface area contributed by atoms with Crippen molar-refractivity contribution in [3.05, 3.63) is 0 Å². The minimum atomic E-state index is -0.114. The molecule has 0 heterocycles. The molecule has 0 N–H and O–H groups in total.